The molecular weight excluding hydrogens is 449 g/mol. The Kier molecular flexibility index (Phi) is 7.62. The molecule has 35 heavy (non-hydrogen) atoms. The van der Waals surface area contributed by atoms with E-state index in [4.69, 9.17) is 4.74 Å². The second kappa shape index (κ2) is 9.99. The van der Waals surface area contributed by atoms with Crippen LogP contribution in [0, 0.1) is 17.3 Å². The van der Waals surface area contributed by atoms with Gasteiger partial charge < -0.3 is 9.64 Å². The molecule has 8 heteroatoms. The molecule has 0 spiro atoms. The zero-order chi connectivity index (χ0) is 26.0. The van der Waals surface area contributed by atoms with Gasteiger partial charge in [0.05, 0.1) is 11.3 Å². The van der Waals surface area contributed by atoms with Crippen molar-refractivity contribution in [1.82, 2.24) is 9.88 Å². The van der Waals surface area contributed by atoms with E-state index in [9.17, 15) is 18.8 Å². The van der Waals surface area contributed by atoms with Gasteiger partial charge in [0.2, 0.25) is 5.95 Å². The minimum Gasteiger partial charge on any atom is -0.444 e. The molecule has 3 rings (SSSR count). The van der Waals surface area contributed by atoms with Gasteiger partial charge in [-0.3, -0.25) is 14.6 Å². The summed E-state index contributed by atoms with van der Waals surface area (Å²) in [7, 11) is 0. The van der Waals surface area contributed by atoms with Crippen molar-refractivity contribution in [3.05, 3.63) is 41.5 Å². The molecule has 7 nitrogen and oxygen atoms in total. The molecule has 190 valence electrons. The SMILES string of the molecule is CC(C)(C)OC(=O)N1CCC(CCC(=O)c2ccc(C3(C(=O)C(C)(C)C)C=CC=N3)nc2F)CC1. The molecule has 0 radical (unpaired) electrons. The lowest BCUT2D eigenvalue weighted by atomic mass is 9.76. The number of likely N-dealkylation sites (tertiary alicyclic amines) is 1. The van der Waals surface area contributed by atoms with E-state index in [0.29, 0.717) is 19.5 Å². The Hall–Kier alpha value is -2.90. The fourth-order valence-electron chi connectivity index (χ4n) is 4.41. The van der Waals surface area contributed by atoms with Crippen LogP contribution in [0.2, 0.25) is 0 Å². The van der Waals surface area contributed by atoms with Gasteiger partial charge in [0.25, 0.3) is 0 Å². The van der Waals surface area contributed by atoms with Crippen LogP contribution in [-0.4, -0.2) is 52.4 Å². The number of hydrogen-bond acceptors (Lipinski definition) is 6. The van der Waals surface area contributed by atoms with Gasteiger partial charge in [-0.05, 0) is 70.2 Å². The smallest absolute Gasteiger partial charge is 0.410 e. The number of aliphatic imine (C=N–C) groups is 1. The monoisotopic (exact) mass is 485 g/mol. The van der Waals surface area contributed by atoms with E-state index >= 15 is 0 Å². The molecule has 0 N–H and O–H groups in total. The third-order valence-corrected chi connectivity index (χ3v) is 6.31. The van der Waals surface area contributed by atoms with Crippen molar-refractivity contribution in [2.75, 3.05) is 13.1 Å². The number of hydrogen-bond donors (Lipinski definition) is 0. The predicted octanol–water partition coefficient (Wildman–Crippen LogP) is 5.28. The molecule has 0 aromatic carbocycles. The minimum atomic E-state index is -1.37. The summed E-state index contributed by atoms with van der Waals surface area (Å²) in [5.74, 6) is -1.13. The molecule has 1 fully saturated rings. The summed E-state index contributed by atoms with van der Waals surface area (Å²) in [6, 6.07) is 2.93. The van der Waals surface area contributed by atoms with Gasteiger partial charge in [0.1, 0.15) is 5.60 Å². The van der Waals surface area contributed by atoms with E-state index in [2.05, 4.69) is 9.98 Å². The van der Waals surface area contributed by atoms with Gasteiger partial charge in [-0.1, -0.05) is 20.8 Å². The van der Waals surface area contributed by atoms with Crippen LogP contribution in [0.1, 0.15) is 83.3 Å². The first-order valence-corrected chi connectivity index (χ1v) is 12.2. The molecule has 1 aromatic rings. The van der Waals surface area contributed by atoms with Gasteiger partial charge in [0, 0.05) is 31.1 Å². The molecular formula is C27H36FN3O4. The number of ether oxygens (including phenoxy) is 1. The largest absolute Gasteiger partial charge is 0.444 e. The number of amides is 1. The Morgan fingerprint density at radius 1 is 1.11 bits per heavy atom. The fourth-order valence-corrected chi connectivity index (χ4v) is 4.41. The van der Waals surface area contributed by atoms with E-state index in [0.717, 1.165) is 12.8 Å². The maximum atomic E-state index is 14.9. The maximum Gasteiger partial charge on any atom is 0.410 e. The van der Waals surface area contributed by atoms with Crippen molar-refractivity contribution in [2.45, 2.75) is 78.4 Å². The number of carbonyl (C=O) groups excluding carboxylic acids is 3. The zero-order valence-electron chi connectivity index (χ0n) is 21.6. The van der Waals surface area contributed by atoms with Gasteiger partial charge in [-0.25, -0.2) is 9.78 Å². The topological polar surface area (TPSA) is 88.9 Å². The predicted molar refractivity (Wildman–Crippen MR) is 132 cm³/mol. The number of rotatable bonds is 6. The van der Waals surface area contributed by atoms with Crippen molar-refractivity contribution in [3.8, 4) is 0 Å². The third-order valence-electron chi connectivity index (χ3n) is 6.31. The Labute approximate surface area is 206 Å². The summed E-state index contributed by atoms with van der Waals surface area (Å²) in [6.45, 7) is 12.0. The number of pyridine rings is 1. The average molecular weight is 486 g/mol. The number of aromatic nitrogens is 1. The Morgan fingerprint density at radius 3 is 2.29 bits per heavy atom. The number of piperidine rings is 1. The highest BCUT2D eigenvalue weighted by atomic mass is 19.1. The molecule has 3 heterocycles. The summed E-state index contributed by atoms with van der Waals surface area (Å²) in [5.41, 5.74) is -2.52. The van der Waals surface area contributed by atoms with Crippen LogP contribution >= 0.6 is 0 Å². The Morgan fingerprint density at radius 2 is 1.77 bits per heavy atom. The molecule has 0 aliphatic carbocycles. The molecule has 1 aromatic heterocycles. The minimum absolute atomic E-state index is 0.0794. The van der Waals surface area contributed by atoms with Crippen LogP contribution in [0.25, 0.3) is 0 Å². The second-order valence-electron chi connectivity index (χ2n) is 11.4. The van der Waals surface area contributed by atoms with Crippen molar-refractivity contribution in [3.63, 3.8) is 0 Å². The molecule has 0 bridgehead atoms. The standard InChI is InChI=1S/C27H36FN3O4/c1-25(2,3)23(33)27(14-7-15-29-27)21-11-9-19(22(28)30-21)20(32)10-8-18-12-16-31(17-13-18)24(34)35-26(4,5)6/h7,9,11,14-15,18H,8,10,12-13,16-17H2,1-6H3. The van der Waals surface area contributed by atoms with Gasteiger partial charge >= 0.3 is 6.09 Å². The molecule has 1 saturated heterocycles. The maximum absolute atomic E-state index is 14.9. The van der Waals surface area contributed by atoms with Crippen LogP contribution in [0.15, 0.2) is 29.3 Å². The highest BCUT2D eigenvalue weighted by Gasteiger charge is 2.45. The quantitative estimate of drug-likeness (QED) is 0.404. The molecule has 1 amide bonds. The van der Waals surface area contributed by atoms with Crippen LogP contribution in [-0.2, 0) is 15.1 Å². The number of ketones is 2. The van der Waals surface area contributed by atoms with Crippen LogP contribution in [0.5, 0.6) is 0 Å². The molecule has 0 saturated carbocycles. The van der Waals surface area contributed by atoms with E-state index < -0.39 is 22.5 Å². The van der Waals surface area contributed by atoms with Crippen LogP contribution in [0.4, 0.5) is 9.18 Å². The third kappa shape index (κ3) is 6.21. The lowest BCUT2D eigenvalue weighted by Gasteiger charge is -2.33. The lowest BCUT2D eigenvalue weighted by Crippen LogP contribution is -2.41. The molecule has 2 aliphatic heterocycles. The summed E-state index contributed by atoms with van der Waals surface area (Å²) in [6.07, 6.45) is 6.81. The Bertz CT molecular complexity index is 1030. The Balaban J connectivity index is 1.61. The number of halogens is 1. The van der Waals surface area contributed by atoms with Crippen molar-refractivity contribution >= 4 is 23.9 Å². The average Bonchev–Trinajstić information content (AvgIpc) is 3.26. The van der Waals surface area contributed by atoms with Crippen molar-refractivity contribution in [1.29, 1.82) is 0 Å². The molecule has 2 aliphatic rings. The van der Waals surface area contributed by atoms with Crippen molar-refractivity contribution < 1.29 is 23.5 Å². The van der Waals surface area contributed by atoms with Crippen LogP contribution < -0.4 is 0 Å². The van der Waals surface area contributed by atoms with Gasteiger partial charge in [0.15, 0.2) is 17.1 Å². The zero-order valence-corrected chi connectivity index (χ0v) is 21.6. The summed E-state index contributed by atoms with van der Waals surface area (Å²) >= 11 is 0. The summed E-state index contributed by atoms with van der Waals surface area (Å²) in [5, 5.41) is 0. The van der Waals surface area contributed by atoms with Gasteiger partial charge in [-0.15, -0.1) is 0 Å². The highest BCUT2D eigenvalue weighted by molar-refractivity contribution is 6.00. The second-order valence-corrected chi connectivity index (χ2v) is 11.4. The summed E-state index contributed by atoms with van der Waals surface area (Å²) in [4.78, 5) is 48.1. The number of nitrogens with zero attached hydrogens (tertiary/aromatic N) is 3. The first-order valence-electron chi connectivity index (χ1n) is 12.2. The highest BCUT2D eigenvalue weighted by Crippen LogP contribution is 2.37. The fraction of sp³-hybridized carbons (Fsp3) is 0.593. The van der Waals surface area contributed by atoms with Crippen LogP contribution in [0.3, 0.4) is 0 Å². The van der Waals surface area contributed by atoms with E-state index in [-0.39, 0.29) is 41.3 Å². The molecule has 1 atom stereocenters. The van der Waals surface area contributed by atoms with E-state index in [1.807, 2.05) is 20.8 Å². The number of allylic oxidation sites excluding steroid dienone is 1. The first kappa shape index (κ1) is 26.7. The van der Waals surface area contributed by atoms with Crippen molar-refractivity contribution in [2.24, 2.45) is 16.3 Å². The first-order chi connectivity index (χ1) is 16.2. The van der Waals surface area contributed by atoms with E-state index in [1.54, 1.807) is 37.8 Å². The number of Topliss-reactive ketones (excluding diaryl/α,β-unsaturated/α-hetero) is 2. The van der Waals surface area contributed by atoms with Gasteiger partial charge in [-0.2, -0.15) is 4.39 Å². The normalized spacial score (nSPS) is 20.8. The number of carbonyl (C=O) groups is 3. The molecule has 1 unspecified atom stereocenters. The van der Waals surface area contributed by atoms with E-state index in [1.165, 1.54) is 18.3 Å². The lowest BCUT2D eigenvalue weighted by molar-refractivity contribution is -0.130. The summed E-state index contributed by atoms with van der Waals surface area (Å²) < 4.78 is 20.4.